The number of anilines is 1. The molecule has 2 heterocycles. The number of benzene rings is 1. The summed E-state index contributed by atoms with van der Waals surface area (Å²) in [7, 11) is 0. The molecule has 0 spiro atoms. The Balaban J connectivity index is 1.85. The van der Waals surface area contributed by atoms with Gasteiger partial charge in [0.25, 0.3) is 5.91 Å². The van der Waals surface area contributed by atoms with Crippen LogP contribution in [-0.2, 0) is 19.5 Å². The summed E-state index contributed by atoms with van der Waals surface area (Å²) in [5.74, 6) is -0.461. The molecule has 0 fully saturated rings. The number of aromatic nitrogens is 2. The maximum absolute atomic E-state index is 14.3. The van der Waals surface area contributed by atoms with E-state index in [0.29, 0.717) is 30.8 Å². The van der Waals surface area contributed by atoms with Gasteiger partial charge in [-0.15, -0.1) is 0 Å². The Bertz CT molecular complexity index is 766. The molecule has 0 saturated heterocycles. The number of aryl methyl sites for hydroxylation is 2. The van der Waals surface area contributed by atoms with Crippen molar-refractivity contribution >= 4 is 11.6 Å². The molecule has 0 bridgehead atoms. The molecule has 23 heavy (non-hydrogen) atoms. The van der Waals surface area contributed by atoms with Crippen LogP contribution in [-0.4, -0.2) is 22.2 Å². The summed E-state index contributed by atoms with van der Waals surface area (Å²) in [4.78, 5) is 11.9. The van der Waals surface area contributed by atoms with Gasteiger partial charge >= 0.3 is 0 Å². The Kier molecular flexibility index (Phi) is 4.07. The second-order valence-corrected chi connectivity index (χ2v) is 5.81. The fourth-order valence-corrected chi connectivity index (χ4v) is 3.06. The number of nitrogens with zero attached hydrogens (tertiary/aromatic N) is 2. The maximum Gasteiger partial charge on any atom is 0.251 e. The van der Waals surface area contributed by atoms with Gasteiger partial charge in [0.1, 0.15) is 5.82 Å². The average Bonchev–Trinajstić information content (AvgIpc) is 2.80. The highest BCUT2D eigenvalue weighted by atomic mass is 19.1. The van der Waals surface area contributed by atoms with E-state index in [4.69, 9.17) is 0 Å². The minimum atomic E-state index is -0.323. The van der Waals surface area contributed by atoms with Crippen LogP contribution in [0.25, 0.3) is 0 Å². The van der Waals surface area contributed by atoms with Crippen molar-refractivity contribution < 1.29 is 9.18 Å². The van der Waals surface area contributed by atoms with Gasteiger partial charge in [-0.1, -0.05) is 0 Å². The molecule has 6 heteroatoms. The van der Waals surface area contributed by atoms with Crippen molar-refractivity contribution in [3.8, 4) is 0 Å². The molecular weight excluding hydrogens is 295 g/mol. The van der Waals surface area contributed by atoms with E-state index in [-0.39, 0.29) is 11.7 Å². The Labute approximate surface area is 134 Å². The van der Waals surface area contributed by atoms with Crippen LogP contribution in [0.4, 0.5) is 10.1 Å². The van der Waals surface area contributed by atoms with E-state index in [1.54, 1.807) is 6.07 Å². The molecule has 0 aliphatic carbocycles. The summed E-state index contributed by atoms with van der Waals surface area (Å²) in [5.41, 5.74) is 4.75. The van der Waals surface area contributed by atoms with Gasteiger partial charge in [0.15, 0.2) is 0 Å². The van der Waals surface area contributed by atoms with Crippen molar-refractivity contribution in [1.29, 1.82) is 0 Å². The largest absolute Gasteiger partial charge is 0.378 e. The normalized spacial score (nSPS) is 13.7. The first-order chi connectivity index (χ1) is 11.0. The van der Waals surface area contributed by atoms with Crippen LogP contribution in [0.2, 0.25) is 0 Å². The lowest BCUT2D eigenvalue weighted by Crippen LogP contribution is -2.32. The zero-order valence-electron chi connectivity index (χ0n) is 13.7. The van der Waals surface area contributed by atoms with Crippen LogP contribution < -0.4 is 10.6 Å². The van der Waals surface area contributed by atoms with Crippen LogP contribution in [0.3, 0.4) is 0 Å². The van der Waals surface area contributed by atoms with Crippen molar-refractivity contribution in [2.45, 2.75) is 40.3 Å². The van der Waals surface area contributed by atoms with Crippen molar-refractivity contribution in [1.82, 2.24) is 15.1 Å². The van der Waals surface area contributed by atoms with Gasteiger partial charge in [-0.05, 0) is 44.9 Å². The van der Waals surface area contributed by atoms with Crippen LogP contribution in [0.1, 0.15) is 39.8 Å². The smallest absolute Gasteiger partial charge is 0.251 e. The zero-order chi connectivity index (χ0) is 16.6. The van der Waals surface area contributed by atoms with Crippen molar-refractivity contribution in [3.05, 3.63) is 46.0 Å². The number of nitrogens with one attached hydrogen (secondary N) is 2. The molecule has 5 nitrogen and oxygen atoms in total. The Morgan fingerprint density at radius 2 is 2.17 bits per heavy atom. The number of carbonyl (C=O) groups is 1. The molecule has 2 aromatic rings. The molecule has 122 valence electrons. The molecular formula is C17H21FN4O. The molecule has 3 rings (SSSR count). The molecule has 0 unspecified atom stereocenters. The van der Waals surface area contributed by atoms with Gasteiger partial charge in [-0.2, -0.15) is 5.10 Å². The summed E-state index contributed by atoms with van der Waals surface area (Å²) < 4.78 is 16.2. The quantitative estimate of drug-likeness (QED) is 0.911. The van der Waals surface area contributed by atoms with Gasteiger partial charge in [-0.25, -0.2) is 4.39 Å². The van der Waals surface area contributed by atoms with Gasteiger partial charge in [-0.3, -0.25) is 9.48 Å². The molecule has 1 aliphatic heterocycles. The molecule has 2 N–H and O–H groups in total. The van der Waals surface area contributed by atoms with E-state index >= 15 is 0 Å². The molecule has 1 aliphatic rings. The molecule has 0 atom stereocenters. The van der Waals surface area contributed by atoms with Crippen molar-refractivity contribution in [2.24, 2.45) is 0 Å². The lowest BCUT2D eigenvalue weighted by Gasteiger charge is -2.18. The first-order valence-corrected chi connectivity index (χ1v) is 7.88. The molecule has 1 amide bonds. The minimum Gasteiger partial charge on any atom is -0.378 e. The van der Waals surface area contributed by atoms with E-state index in [1.165, 1.54) is 6.07 Å². The highest BCUT2D eigenvalue weighted by Crippen LogP contribution is 2.24. The number of carbonyl (C=O) groups excluding carboxylic acids is 1. The van der Waals surface area contributed by atoms with Gasteiger partial charge < -0.3 is 10.6 Å². The Hall–Kier alpha value is -2.37. The summed E-state index contributed by atoms with van der Waals surface area (Å²) in [6.45, 7) is 7.85. The van der Waals surface area contributed by atoms with Gasteiger partial charge in [0, 0.05) is 36.5 Å². The zero-order valence-corrected chi connectivity index (χ0v) is 13.7. The van der Waals surface area contributed by atoms with Crippen LogP contribution in [0.15, 0.2) is 12.1 Å². The van der Waals surface area contributed by atoms with Crippen LogP contribution in [0.5, 0.6) is 0 Å². The third-order valence-corrected chi connectivity index (χ3v) is 4.40. The topological polar surface area (TPSA) is 59.0 Å². The number of hydrogen-bond acceptors (Lipinski definition) is 3. The SMILES string of the molecule is CCn1nc(C)c(CNc2cc3c(cc2F)CCNC3=O)c1C. The lowest BCUT2D eigenvalue weighted by molar-refractivity contribution is 0.0946. The summed E-state index contributed by atoms with van der Waals surface area (Å²) in [5, 5.41) is 10.4. The molecule has 0 radical (unpaired) electrons. The van der Waals surface area contributed by atoms with E-state index < -0.39 is 0 Å². The Morgan fingerprint density at radius 3 is 2.87 bits per heavy atom. The lowest BCUT2D eigenvalue weighted by atomic mass is 9.99. The number of rotatable bonds is 4. The summed E-state index contributed by atoms with van der Waals surface area (Å²) in [6.07, 6.45) is 0.666. The third-order valence-electron chi connectivity index (χ3n) is 4.40. The molecule has 1 aromatic heterocycles. The third kappa shape index (κ3) is 2.81. The average molecular weight is 316 g/mol. The fraction of sp³-hybridized carbons (Fsp3) is 0.412. The predicted octanol–water partition coefficient (Wildman–Crippen LogP) is 2.56. The first-order valence-electron chi connectivity index (χ1n) is 7.88. The summed E-state index contributed by atoms with van der Waals surface area (Å²) in [6, 6.07) is 3.07. The number of fused-ring (bicyclic) bond motifs is 1. The van der Waals surface area contributed by atoms with E-state index in [1.807, 2.05) is 25.5 Å². The fourth-order valence-electron chi connectivity index (χ4n) is 3.06. The van der Waals surface area contributed by atoms with Crippen molar-refractivity contribution in [2.75, 3.05) is 11.9 Å². The first kappa shape index (κ1) is 15.5. The van der Waals surface area contributed by atoms with Gasteiger partial charge in [0.2, 0.25) is 0 Å². The standard InChI is InChI=1S/C17H21FN4O/c1-4-22-11(3)14(10(2)21-22)9-20-16-8-13-12(7-15(16)18)5-6-19-17(13)23/h7-8,20H,4-6,9H2,1-3H3,(H,19,23). The van der Waals surface area contributed by atoms with E-state index in [0.717, 1.165) is 29.1 Å². The molecule has 1 aromatic carbocycles. The van der Waals surface area contributed by atoms with Crippen LogP contribution in [0, 0.1) is 19.7 Å². The Morgan fingerprint density at radius 1 is 1.39 bits per heavy atom. The number of hydrogen-bond donors (Lipinski definition) is 2. The van der Waals surface area contributed by atoms with Crippen LogP contribution >= 0.6 is 0 Å². The predicted molar refractivity (Wildman–Crippen MR) is 87.1 cm³/mol. The van der Waals surface area contributed by atoms with Gasteiger partial charge in [0.05, 0.1) is 11.4 Å². The minimum absolute atomic E-state index is 0.138. The highest BCUT2D eigenvalue weighted by molar-refractivity contribution is 5.97. The summed E-state index contributed by atoms with van der Waals surface area (Å²) >= 11 is 0. The monoisotopic (exact) mass is 316 g/mol. The molecule has 0 saturated carbocycles. The maximum atomic E-state index is 14.3. The van der Waals surface area contributed by atoms with E-state index in [2.05, 4.69) is 15.7 Å². The highest BCUT2D eigenvalue weighted by Gasteiger charge is 2.20. The van der Waals surface area contributed by atoms with Crippen molar-refractivity contribution in [3.63, 3.8) is 0 Å². The van der Waals surface area contributed by atoms with E-state index in [9.17, 15) is 9.18 Å². The second-order valence-electron chi connectivity index (χ2n) is 5.81. The second kappa shape index (κ2) is 6.02. The number of halogens is 1. The number of amides is 1.